The maximum atomic E-state index is 12.7. The minimum Gasteiger partial charge on any atom is -0.365 e. The van der Waals surface area contributed by atoms with Crippen LogP contribution in [0.4, 0.5) is 32.0 Å². The molecular formula is C18H16F6N8O2. The number of halogens is 6. The minimum atomic E-state index is -4.59. The largest absolute Gasteiger partial charge is 0.419 e. The van der Waals surface area contributed by atoms with Gasteiger partial charge in [0.1, 0.15) is 6.61 Å². The third-order valence-electron chi connectivity index (χ3n) is 4.98. The average Bonchev–Trinajstić information content (AvgIpc) is 3.07. The minimum absolute atomic E-state index is 0.0846. The smallest absolute Gasteiger partial charge is 0.365 e. The Labute approximate surface area is 186 Å². The molecule has 10 nitrogen and oxygen atoms in total. The van der Waals surface area contributed by atoms with E-state index in [2.05, 4.69) is 25.4 Å². The summed E-state index contributed by atoms with van der Waals surface area (Å²) in [5.74, 6) is -0.105. The van der Waals surface area contributed by atoms with Gasteiger partial charge in [-0.3, -0.25) is 4.79 Å². The highest BCUT2D eigenvalue weighted by Crippen LogP contribution is 2.29. The van der Waals surface area contributed by atoms with Crippen molar-refractivity contribution in [1.82, 2.24) is 34.7 Å². The van der Waals surface area contributed by atoms with Gasteiger partial charge in [0.05, 0.1) is 35.8 Å². The van der Waals surface area contributed by atoms with E-state index in [1.165, 1.54) is 24.0 Å². The van der Waals surface area contributed by atoms with Gasteiger partial charge in [-0.15, -0.1) is 5.10 Å². The van der Waals surface area contributed by atoms with Crippen molar-refractivity contribution in [3.63, 3.8) is 0 Å². The number of hydrogen-bond acceptors (Lipinski definition) is 8. The van der Waals surface area contributed by atoms with Gasteiger partial charge in [0, 0.05) is 38.6 Å². The number of rotatable bonds is 6. The second kappa shape index (κ2) is 8.66. The highest BCUT2D eigenvalue weighted by atomic mass is 19.4. The number of aryl methyl sites for hydroxylation is 1. The predicted molar refractivity (Wildman–Crippen MR) is 103 cm³/mol. The highest BCUT2D eigenvalue weighted by Gasteiger charge is 2.34. The molecule has 0 saturated carbocycles. The van der Waals surface area contributed by atoms with E-state index in [9.17, 15) is 31.1 Å². The molecule has 0 unspecified atom stereocenters. The van der Waals surface area contributed by atoms with E-state index >= 15 is 0 Å². The lowest BCUT2D eigenvalue weighted by Gasteiger charge is -2.40. The molecule has 1 saturated heterocycles. The maximum absolute atomic E-state index is 12.7. The Kier molecular flexibility index (Phi) is 6.01. The third-order valence-corrected chi connectivity index (χ3v) is 4.98. The summed E-state index contributed by atoms with van der Waals surface area (Å²) in [5.41, 5.74) is -0.708. The molecular weight excluding hydrogens is 474 g/mol. The van der Waals surface area contributed by atoms with Gasteiger partial charge >= 0.3 is 12.4 Å². The summed E-state index contributed by atoms with van der Waals surface area (Å²) < 4.78 is 82.1. The Morgan fingerprint density at radius 1 is 1.09 bits per heavy atom. The molecule has 0 bridgehead atoms. The van der Waals surface area contributed by atoms with Crippen molar-refractivity contribution in [3.05, 3.63) is 46.3 Å². The summed E-state index contributed by atoms with van der Waals surface area (Å²) >= 11 is 0. The van der Waals surface area contributed by atoms with Crippen molar-refractivity contribution in [3.8, 4) is 11.5 Å². The van der Waals surface area contributed by atoms with Gasteiger partial charge < -0.3 is 9.64 Å². The van der Waals surface area contributed by atoms with Crippen LogP contribution in [0.15, 0.2) is 29.5 Å². The van der Waals surface area contributed by atoms with E-state index in [0.717, 1.165) is 4.68 Å². The Hall–Kier alpha value is -3.56. The van der Waals surface area contributed by atoms with Crippen molar-refractivity contribution < 1.29 is 31.1 Å². The lowest BCUT2D eigenvalue weighted by atomic mass is 10.1. The van der Waals surface area contributed by atoms with Gasteiger partial charge in [-0.1, -0.05) is 5.21 Å². The van der Waals surface area contributed by atoms with Crippen LogP contribution < -0.4 is 10.5 Å². The average molecular weight is 490 g/mol. The molecule has 1 fully saturated rings. The Morgan fingerprint density at radius 3 is 2.35 bits per heavy atom. The van der Waals surface area contributed by atoms with Crippen LogP contribution in [0.25, 0.3) is 11.5 Å². The van der Waals surface area contributed by atoms with Gasteiger partial charge in [0.15, 0.2) is 11.5 Å². The molecule has 182 valence electrons. The van der Waals surface area contributed by atoms with E-state index in [1.807, 2.05) is 0 Å². The molecule has 16 heteroatoms. The van der Waals surface area contributed by atoms with E-state index < -0.39 is 36.2 Å². The van der Waals surface area contributed by atoms with Gasteiger partial charge in [0.2, 0.25) is 0 Å². The van der Waals surface area contributed by atoms with Crippen molar-refractivity contribution >= 4 is 5.69 Å². The number of anilines is 1. The summed E-state index contributed by atoms with van der Waals surface area (Å²) in [6, 6.07) is 1.27. The zero-order valence-corrected chi connectivity index (χ0v) is 17.4. The molecule has 34 heavy (non-hydrogen) atoms. The first-order valence-corrected chi connectivity index (χ1v) is 9.69. The summed E-state index contributed by atoms with van der Waals surface area (Å²) in [4.78, 5) is 21.6. The fourth-order valence-corrected chi connectivity index (χ4v) is 3.15. The van der Waals surface area contributed by atoms with Crippen molar-refractivity contribution in [1.29, 1.82) is 0 Å². The monoisotopic (exact) mass is 490 g/mol. The van der Waals surface area contributed by atoms with Crippen LogP contribution in [0.2, 0.25) is 0 Å². The van der Waals surface area contributed by atoms with E-state index in [-0.39, 0.29) is 31.2 Å². The molecule has 0 N–H and O–H groups in total. The maximum Gasteiger partial charge on any atom is 0.419 e. The molecule has 1 aliphatic rings. The summed E-state index contributed by atoms with van der Waals surface area (Å²) in [5, 5.41) is 11.8. The highest BCUT2D eigenvalue weighted by molar-refractivity contribution is 5.52. The molecule has 4 rings (SSSR count). The van der Waals surface area contributed by atoms with Crippen LogP contribution in [-0.2, 0) is 24.5 Å². The number of ether oxygens (including phenoxy) is 1. The fraction of sp³-hybridized carbons (Fsp3) is 0.444. The van der Waals surface area contributed by atoms with Crippen LogP contribution in [0.5, 0.6) is 0 Å². The normalized spacial score (nSPS) is 15.0. The first-order chi connectivity index (χ1) is 15.9. The number of hydrogen-bond donors (Lipinski definition) is 0. The van der Waals surface area contributed by atoms with Crippen molar-refractivity contribution in [2.24, 2.45) is 7.05 Å². The van der Waals surface area contributed by atoms with E-state index in [0.29, 0.717) is 23.8 Å². The van der Waals surface area contributed by atoms with E-state index in [1.54, 1.807) is 4.90 Å². The van der Waals surface area contributed by atoms with E-state index in [4.69, 9.17) is 4.74 Å². The molecule has 0 atom stereocenters. The second-order valence-corrected chi connectivity index (χ2v) is 7.46. The standard InChI is InChI=1S/C18H16F6N8O2/c1-30-13(15(28-29-30)16-25-3-10(4-26-16)18(22,23)24)8-32-14(33)2-11(5-27-32)31-6-12(7-31)34-9-17(19,20)21/h2-5,12H,6-9H2,1H3. The molecule has 0 aliphatic carbocycles. The zero-order valence-electron chi connectivity index (χ0n) is 17.4. The lowest BCUT2D eigenvalue weighted by Crippen LogP contribution is -2.53. The Bertz CT molecular complexity index is 1210. The quantitative estimate of drug-likeness (QED) is 0.481. The van der Waals surface area contributed by atoms with Gasteiger partial charge in [0.25, 0.3) is 5.56 Å². The van der Waals surface area contributed by atoms with Crippen LogP contribution in [0, 0.1) is 0 Å². The van der Waals surface area contributed by atoms with Crippen LogP contribution >= 0.6 is 0 Å². The second-order valence-electron chi connectivity index (χ2n) is 7.46. The molecule has 0 spiro atoms. The van der Waals surface area contributed by atoms with Gasteiger partial charge in [-0.25, -0.2) is 19.3 Å². The van der Waals surface area contributed by atoms with Gasteiger partial charge in [-0.05, 0) is 0 Å². The first-order valence-electron chi connectivity index (χ1n) is 9.69. The first kappa shape index (κ1) is 23.6. The molecule has 0 aromatic carbocycles. The zero-order chi connectivity index (χ0) is 24.7. The predicted octanol–water partition coefficient (Wildman–Crippen LogP) is 1.66. The number of alkyl halides is 6. The third kappa shape index (κ3) is 5.16. The lowest BCUT2D eigenvalue weighted by molar-refractivity contribution is -0.187. The topological polar surface area (TPSA) is 104 Å². The summed E-state index contributed by atoms with van der Waals surface area (Å²) in [7, 11) is 1.52. The molecule has 4 heterocycles. The number of aromatic nitrogens is 7. The van der Waals surface area contributed by atoms with Crippen LogP contribution in [-0.4, -0.2) is 66.7 Å². The summed E-state index contributed by atoms with van der Waals surface area (Å²) in [6.45, 7) is -1.10. The van der Waals surface area contributed by atoms with Crippen molar-refractivity contribution in [2.75, 3.05) is 24.6 Å². The Balaban J connectivity index is 1.46. The molecule has 0 radical (unpaired) electrons. The molecule has 3 aromatic rings. The molecule has 1 aliphatic heterocycles. The number of nitrogens with zero attached hydrogens (tertiary/aromatic N) is 8. The van der Waals surface area contributed by atoms with Crippen molar-refractivity contribution in [2.45, 2.75) is 25.0 Å². The van der Waals surface area contributed by atoms with Crippen LogP contribution in [0.1, 0.15) is 11.3 Å². The summed E-state index contributed by atoms with van der Waals surface area (Å²) in [6.07, 6.45) is -6.98. The van der Waals surface area contributed by atoms with Crippen LogP contribution in [0.3, 0.4) is 0 Å². The Morgan fingerprint density at radius 2 is 1.76 bits per heavy atom. The molecule has 3 aromatic heterocycles. The van der Waals surface area contributed by atoms with Gasteiger partial charge in [-0.2, -0.15) is 31.4 Å². The SMILES string of the molecule is Cn1nnc(-c2ncc(C(F)(F)F)cn2)c1Cn1ncc(N2CC(OCC(F)(F)F)C2)cc1=O. The molecule has 0 amide bonds. The fourth-order valence-electron chi connectivity index (χ4n) is 3.15.